The normalized spacial score (nSPS) is 12.9. The fraction of sp³-hybridized carbons (Fsp3) is 1.00. The highest BCUT2D eigenvalue weighted by molar-refractivity contribution is 7.79. The smallest absolute Gasteiger partial charge is 0.279 e. The summed E-state index contributed by atoms with van der Waals surface area (Å²) in [4.78, 5) is 6.67. The molecule has 9 heteroatoms. The van der Waals surface area contributed by atoms with Crippen LogP contribution < -0.4 is 0 Å². The summed E-state index contributed by atoms with van der Waals surface area (Å²) in [6.07, 6.45) is 1.00. The van der Waals surface area contributed by atoms with E-state index in [1.807, 2.05) is 0 Å². The molecule has 0 aliphatic heterocycles. The lowest BCUT2D eigenvalue weighted by molar-refractivity contribution is -0.0879. The number of rotatable bonds is 4. The van der Waals surface area contributed by atoms with Crippen molar-refractivity contribution >= 4 is 19.6 Å². The van der Waals surface area contributed by atoms with E-state index in [1.165, 1.54) is 0 Å². The second-order valence-electron chi connectivity index (χ2n) is 4.11. The molecule has 0 aliphatic carbocycles. The Hall–Kier alpha value is 0.180. The third kappa shape index (κ3) is 7.25. The van der Waals surface area contributed by atoms with Gasteiger partial charge in [0.15, 0.2) is 0 Å². The van der Waals surface area contributed by atoms with Crippen LogP contribution in [0.15, 0.2) is 0 Å². The third-order valence-electron chi connectivity index (χ3n) is 2.42. The van der Waals surface area contributed by atoms with Crippen LogP contribution in [-0.2, 0) is 10.4 Å². The zero-order chi connectivity index (χ0) is 14.4. The van der Waals surface area contributed by atoms with Crippen LogP contribution >= 0.6 is 9.24 Å². The first-order valence-corrected chi connectivity index (χ1v) is 7.03. The van der Waals surface area contributed by atoms with Crippen LogP contribution in [0.1, 0.15) is 0 Å². The molecule has 1 atom stereocenters. The molecule has 0 saturated heterocycles. The molecule has 0 aromatic carbocycles. The fourth-order valence-electron chi connectivity index (χ4n) is 1.75. The molecule has 0 aromatic heterocycles. The maximum absolute atomic E-state index is 8.74. The molecule has 0 aromatic rings. The molecule has 0 fully saturated rings. The van der Waals surface area contributed by atoms with Gasteiger partial charge in [0.1, 0.15) is 5.79 Å². The van der Waals surface area contributed by atoms with E-state index in [0.29, 0.717) is 0 Å². The molecule has 0 amide bonds. The summed E-state index contributed by atoms with van der Waals surface area (Å²) in [6, 6.07) is 0. The minimum absolute atomic E-state index is 0.00463. The maximum atomic E-state index is 8.74. The number of hydrogen-bond donors (Lipinski definition) is 2. The molecule has 0 radical (unpaired) electrons. The van der Waals surface area contributed by atoms with E-state index in [4.69, 9.17) is 17.5 Å². The topological polar surface area (TPSA) is 84.3 Å². The molecule has 2 N–H and O–H groups in total. The van der Waals surface area contributed by atoms with Crippen molar-refractivity contribution in [1.82, 2.24) is 14.7 Å². The van der Waals surface area contributed by atoms with Crippen molar-refractivity contribution in [1.29, 1.82) is 0 Å². The summed E-state index contributed by atoms with van der Waals surface area (Å²) < 4.78 is 31.6. The van der Waals surface area contributed by atoms with Crippen LogP contribution in [0.2, 0.25) is 0 Å². The van der Waals surface area contributed by atoms with Crippen LogP contribution in [0.5, 0.6) is 0 Å². The van der Waals surface area contributed by atoms with E-state index >= 15 is 0 Å². The second kappa shape index (κ2) is 7.58. The average molecular weight is 289 g/mol. The van der Waals surface area contributed by atoms with Crippen molar-refractivity contribution in [2.45, 2.75) is 5.79 Å². The third-order valence-corrected chi connectivity index (χ3v) is 2.97. The van der Waals surface area contributed by atoms with Crippen molar-refractivity contribution < 1.29 is 17.5 Å². The Morgan fingerprint density at radius 3 is 1.12 bits per heavy atom. The van der Waals surface area contributed by atoms with Gasteiger partial charge in [-0.25, -0.2) is 0 Å². The van der Waals surface area contributed by atoms with Crippen molar-refractivity contribution in [2.75, 3.05) is 48.4 Å². The van der Waals surface area contributed by atoms with Gasteiger partial charge in [-0.3, -0.25) is 23.8 Å². The van der Waals surface area contributed by atoms with Crippen molar-refractivity contribution in [2.24, 2.45) is 0 Å². The Morgan fingerprint density at radius 2 is 1.12 bits per heavy atom. The summed E-state index contributed by atoms with van der Waals surface area (Å²) in [5.74, 6) is 0.00463. The quantitative estimate of drug-likeness (QED) is 0.412. The lowest BCUT2D eigenvalue weighted by Gasteiger charge is -2.49. The predicted molar refractivity (Wildman–Crippen MR) is 72.5 cm³/mol. The van der Waals surface area contributed by atoms with E-state index < -0.39 is 10.4 Å². The highest BCUT2D eigenvalue weighted by atomic mass is 32.3. The molecule has 106 valence electrons. The molecule has 0 spiro atoms. The van der Waals surface area contributed by atoms with Gasteiger partial charge >= 0.3 is 10.4 Å². The predicted octanol–water partition coefficient (Wildman–Crippen LogP) is -0.453. The van der Waals surface area contributed by atoms with Gasteiger partial charge in [-0.1, -0.05) is 0 Å². The number of nitrogens with zero attached hydrogens (tertiary/aromatic N) is 3. The Labute approximate surface area is 107 Å². The van der Waals surface area contributed by atoms with E-state index in [9.17, 15) is 0 Å². The van der Waals surface area contributed by atoms with Gasteiger partial charge in [0.05, 0.1) is 0 Å². The molecule has 17 heavy (non-hydrogen) atoms. The molecule has 0 heterocycles. The molecular formula is C8H24N3O4PS. The maximum Gasteiger partial charge on any atom is 0.394 e. The molecule has 1 unspecified atom stereocenters. The lowest BCUT2D eigenvalue weighted by atomic mass is 10.3. The Kier molecular flexibility index (Phi) is 8.70. The van der Waals surface area contributed by atoms with Crippen LogP contribution in [0.25, 0.3) is 0 Å². The zero-order valence-corrected chi connectivity index (χ0v) is 13.2. The van der Waals surface area contributed by atoms with E-state index in [1.54, 1.807) is 0 Å². The van der Waals surface area contributed by atoms with Crippen LogP contribution in [-0.4, -0.2) is 86.5 Å². The summed E-state index contributed by atoms with van der Waals surface area (Å²) in [5, 5.41) is 0. The van der Waals surface area contributed by atoms with Gasteiger partial charge in [-0.2, -0.15) is 8.42 Å². The molecule has 0 bridgehead atoms. The van der Waals surface area contributed by atoms with E-state index in [2.05, 4.69) is 66.2 Å². The summed E-state index contributed by atoms with van der Waals surface area (Å²) in [7, 11) is 10.7. The van der Waals surface area contributed by atoms with Crippen molar-refractivity contribution in [3.05, 3.63) is 0 Å². The van der Waals surface area contributed by atoms with E-state index in [-0.39, 0.29) is 5.79 Å². The Morgan fingerprint density at radius 1 is 0.941 bits per heavy atom. The van der Waals surface area contributed by atoms with Crippen LogP contribution in [0.4, 0.5) is 0 Å². The largest absolute Gasteiger partial charge is 0.394 e. The van der Waals surface area contributed by atoms with Gasteiger partial charge in [0.2, 0.25) is 0 Å². The summed E-state index contributed by atoms with van der Waals surface area (Å²) in [5.41, 5.74) is 0. The van der Waals surface area contributed by atoms with Gasteiger partial charge in [0, 0.05) is 6.16 Å². The molecule has 0 saturated carbocycles. The van der Waals surface area contributed by atoms with Gasteiger partial charge < -0.3 is 0 Å². The molecule has 7 nitrogen and oxygen atoms in total. The standard InChI is InChI=1S/C8H22N3P.H2O4S/c1-9(2)8(7-12,10(3)4)11(5)6;1-5(2,3)4/h7,12H2,1-6H3;(H2,1,2,3,4). The van der Waals surface area contributed by atoms with Crippen molar-refractivity contribution in [3.8, 4) is 0 Å². The first-order valence-electron chi connectivity index (χ1n) is 4.81. The summed E-state index contributed by atoms with van der Waals surface area (Å²) in [6.45, 7) is 0. The minimum Gasteiger partial charge on any atom is -0.279 e. The average Bonchev–Trinajstić information content (AvgIpc) is 1.99. The molecule has 0 rings (SSSR count). The first kappa shape index (κ1) is 19.5. The second-order valence-corrected chi connectivity index (χ2v) is 5.41. The lowest BCUT2D eigenvalue weighted by Crippen LogP contribution is -2.65. The number of hydrogen-bond acceptors (Lipinski definition) is 5. The van der Waals surface area contributed by atoms with E-state index in [0.717, 1.165) is 6.16 Å². The van der Waals surface area contributed by atoms with Crippen molar-refractivity contribution in [3.63, 3.8) is 0 Å². The highest BCUT2D eigenvalue weighted by Gasteiger charge is 2.35. The Balaban J connectivity index is 0. The molecule has 0 aliphatic rings. The highest BCUT2D eigenvalue weighted by Crippen LogP contribution is 2.20. The zero-order valence-electron chi connectivity index (χ0n) is 11.2. The minimum atomic E-state index is -4.67. The molecular weight excluding hydrogens is 265 g/mol. The monoisotopic (exact) mass is 289 g/mol. The van der Waals surface area contributed by atoms with Gasteiger partial charge in [-0.05, 0) is 42.3 Å². The van der Waals surface area contributed by atoms with Crippen LogP contribution in [0, 0.1) is 0 Å². The van der Waals surface area contributed by atoms with Gasteiger partial charge in [0.25, 0.3) is 0 Å². The fourth-order valence-corrected chi connectivity index (χ4v) is 2.84. The SMILES string of the molecule is CN(C)C(CP)(N(C)C)N(C)C.O=S(=O)(O)O. The Bertz CT molecular complexity index is 276. The van der Waals surface area contributed by atoms with Gasteiger partial charge in [-0.15, -0.1) is 9.24 Å². The first-order chi connectivity index (χ1) is 7.39. The van der Waals surface area contributed by atoms with Crippen LogP contribution in [0.3, 0.4) is 0 Å². The summed E-state index contributed by atoms with van der Waals surface area (Å²) >= 11 is 0.